The first-order valence-corrected chi connectivity index (χ1v) is 6.62. The summed E-state index contributed by atoms with van der Waals surface area (Å²) in [5, 5.41) is 0. The lowest BCUT2D eigenvalue weighted by Gasteiger charge is -2.32. The summed E-state index contributed by atoms with van der Waals surface area (Å²) in [4.78, 5) is 13.6. The molecule has 1 saturated carbocycles. The highest BCUT2D eigenvalue weighted by Crippen LogP contribution is 2.36. The summed E-state index contributed by atoms with van der Waals surface area (Å²) < 4.78 is 18.4. The topological polar surface area (TPSA) is 29.5 Å². The molecule has 17 heavy (non-hydrogen) atoms. The molecule has 98 valence electrons. The molecule has 2 aliphatic rings. The highest BCUT2D eigenvalue weighted by Gasteiger charge is 2.45. The fourth-order valence-electron chi connectivity index (χ4n) is 2.30. The Balaban J connectivity index is 1.69. The van der Waals surface area contributed by atoms with Gasteiger partial charge in [-0.3, -0.25) is 4.79 Å². The Morgan fingerprint density at radius 2 is 2.00 bits per heavy atom. The molecular weight excluding hydrogens is 221 g/mol. The van der Waals surface area contributed by atoms with E-state index in [1.807, 2.05) is 18.7 Å². The lowest BCUT2D eigenvalue weighted by atomic mass is 9.97. The van der Waals surface area contributed by atoms with E-state index in [4.69, 9.17) is 4.74 Å². The maximum absolute atomic E-state index is 12.8. The van der Waals surface area contributed by atoms with E-state index < -0.39 is 6.17 Å². The highest BCUT2D eigenvalue weighted by atomic mass is 19.1. The summed E-state index contributed by atoms with van der Waals surface area (Å²) in [6.07, 6.45) is 1.82. The van der Waals surface area contributed by atoms with Gasteiger partial charge in [0.05, 0.1) is 12.0 Å². The van der Waals surface area contributed by atoms with Gasteiger partial charge < -0.3 is 9.64 Å². The molecule has 2 fully saturated rings. The summed E-state index contributed by atoms with van der Waals surface area (Å²) in [6, 6.07) is 0. The maximum Gasteiger partial charge on any atom is 0.228 e. The number of rotatable bonds is 4. The molecule has 0 radical (unpaired) electrons. The van der Waals surface area contributed by atoms with Crippen molar-refractivity contribution in [3.05, 3.63) is 0 Å². The van der Waals surface area contributed by atoms with Gasteiger partial charge in [-0.25, -0.2) is 4.39 Å². The van der Waals surface area contributed by atoms with Gasteiger partial charge >= 0.3 is 0 Å². The number of piperidine rings is 1. The van der Waals surface area contributed by atoms with Gasteiger partial charge in [-0.05, 0) is 39.0 Å². The predicted octanol–water partition coefficient (Wildman–Crippen LogP) is 2.01. The lowest BCUT2D eigenvalue weighted by Crippen LogP contribution is -2.40. The van der Waals surface area contributed by atoms with Crippen LogP contribution in [0.4, 0.5) is 4.39 Å². The fourth-order valence-corrected chi connectivity index (χ4v) is 2.30. The van der Waals surface area contributed by atoms with Crippen LogP contribution in [-0.4, -0.2) is 42.8 Å². The molecule has 1 heterocycles. The van der Waals surface area contributed by atoms with Crippen molar-refractivity contribution in [3.8, 4) is 0 Å². The Kier molecular flexibility index (Phi) is 4.02. The Labute approximate surface area is 102 Å². The summed E-state index contributed by atoms with van der Waals surface area (Å²) in [5.74, 6) is 0.265. The van der Waals surface area contributed by atoms with E-state index in [0.29, 0.717) is 12.3 Å². The summed E-state index contributed by atoms with van der Waals surface area (Å²) >= 11 is 0. The quantitative estimate of drug-likeness (QED) is 0.756. The third kappa shape index (κ3) is 3.41. The second kappa shape index (κ2) is 5.34. The first-order chi connectivity index (χ1) is 8.08. The average molecular weight is 243 g/mol. The van der Waals surface area contributed by atoms with Crippen LogP contribution >= 0.6 is 0 Å². The molecule has 1 aliphatic heterocycles. The van der Waals surface area contributed by atoms with Gasteiger partial charge in [-0.15, -0.1) is 0 Å². The number of likely N-dealkylation sites (tertiary alicyclic amines) is 1. The van der Waals surface area contributed by atoms with Gasteiger partial charge in [0.2, 0.25) is 5.91 Å². The normalized spacial score (nSPS) is 29.8. The Morgan fingerprint density at radius 1 is 1.41 bits per heavy atom. The number of carbonyl (C=O) groups excluding carboxylic acids is 1. The van der Waals surface area contributed by atoms with E-state index in [0.717, 1.165) is 32.5 Å². The minimum atomic E-state index is -0.871. The van der Waals surface area contributed by atoms with Crippen LogP contribution in [0.2, 0.25) is 0 Å². The number of alkyl halides is 1. The summed E-state index contributed by atoms with van der Waals surface area (Å²) in [7, 11) is 0. The van der Waals surface area contributed by atoms with Crippen molar-refractivity contribution in [1.29, 1.82) is 0 Å². The number of nitrogens with zero attached hydrogens (tertiary/aromatic N) is 1. The van der Waals surface area contributed by atoms with Crippen LogP contribution in [0.1, 0.15) is 33.1 Å². The number of halogens is 1. The number of carbonyl (C=O) groups is 1. The van der Waals surface area contributed by atoms with Crippen molar-refractivity contribution >= 4 is 5.91 Å². The second-order valence-corrected chi connectivity index (χ2v) is 5.51. The summed E-state index contributed by atoms with van der Waals surface area (Å²) in [6.45, 7) is 6.40. The smallest absolute Gasteiger partial charge is 0.228 e. The molecule has 2 rings (SSSR count). The van der Waals surface area contributed by atoms with Gasteiger partial charge in [0.25, 0.3) is 0 Å². The van der Waals surface area contributed by atoms with Gasteiger partial charge in [0.15, 0.2) is 0 Å². The Bertz CT molecular complexity index is 275. The zero-order chi connectivity index (χ0) is 12.4. The summed E-state index contributed by atoms with van der Waals surface area (Å²) in [5.41, 5.74) is 0. The number of hydrogen-bond donors (Lipinski definition) is 0. The van der Waals surface area contributed by atoms with Crippen LogP contribution in [0.25, 0.3) is 0 Å². The van der Waals surface area contributed by atoms with Crippen molar-refractivity contribution in [1.82, 2.24) is 4.90 Å². The van der Waals surface area contributed by atoms with Crippen molar-refractivity contribution < 1.29 is 13.9 Å². The molecule has 0 N–H and O–H groups in total. The molecule has 0 aromatic heterocycles. The van der Waals surface area contributed by atoms with Crippen LogP contribution in [-0.2, 0) is 9.53 Å². The van der Waals surface area contributed by atoms with E-state index in [1.54, 1.807) is 0 Å². The van der Waals surface area contributed by atoms with Gasteiger partial charge in [0.1, 0.15) is 6.17 Å². The predicted molar refractivity (Wildman–Crippen MR) is 63.4 cm³/mol. The fraction of sp³-hybridized carbons (Fsp3) is 0.923. The molecule has 3 nitrogen and oxygen atoms in total. The first-order valence-electron chi connectivity index (χ1n) is 6.62. The van der Waals surface area contributed by atoms with Crippen LogP contribution in [0.3, 0.4) is 0 Å². The zero-order valence-electron chi connectivity index (χ0n) is 10.7. The van der Waals surface area contributed by atoms with E-state index in [9.17, 15) is 9.18 Å². The monoisotopic (exact) mass is 243 g/mol. The van der Waals surface area contributed by atoms with E-state index in [1.165, 1.54) is 0 Å². The van der Waals surface area contributed by atoms with E-state index >= 15 is 0 Å². The SMILES string of the molecule is CC(C)OCC1CCN(C(=O)C2CC2F)CC1. The van der Waals surface area contributed by atoms with Crippen molar-refractivity contribution in [2.45, 2.75) is 45.4 Å². The van der Waals surface area contributed by atoms with Crippen LogP contribution in [0, 0.1) is 11.8 Å². The minimum Gasteiger partial charge on any atom is -0.379 e. The molecule has 4 heteroatoms. The van der Waals surface area contributed by atoms with Gasteiger partial charge in [0, 0.05) is 19.7 Å². The molecule has 1 aliphatic carbocycles. The molecular formula is C13H22FNO2. The molecule has 1 saturated heterocycles. The third-order valence-corrected chi connectivity index (χ3v) is 3.62. The maximum atomic E-state index is 12.8. The zero-order valence-corrected chi connectivity index (χ0v) is 10.7. The molecule has 0 aromatic rings. The van der Waals surface area contributed by atoms with E-state index in [2.05, 4.69) is 0 Å². The first kappa shape index (κ1) is 12.8. The number of ether oxygens (including phenoxy) is 1. The average Bonchev–Trinajstić information content (AvgIpc) is 3.03. The van der Waals surface area contributed by atoms with Crippen molar-refractivity contribution in [2.24, 2.45) is 11.8 Å². The standard InChI is InChI=1S/C13H22FNO2/c1-9(2)17-8-10-3-5-15(6-4-10)13(16)11-7-12(11)14/h9-12H,3-8H2,1-2H3. The van der Waals surface area contributed by atoms with Crippen LogP contribution in [0.5, 0.6) is 0 Å². The number of amides is 1. The van der Waals surface area contributed by atoms with Gasteiger partial charge in [-0.2, -0.15) is 0 Å². The Morgan fingerprint density at radius 3 is 2.47 bits per heavy atom. The second-order valence-electron chi connectivity index (χ2n) is 5.51. The molecule has 1 amide bonds. The largest absolute Gasteiger partial charge is 0.379 e. The Hall–Kier alpha value is -0.640. The molecule has 2 atom stereocenters. The van der Waals surface area contributed by atoms with Crippen LogP contribution in [0.15, 0.2) is 0 Å². The highest BCUT2D eigenvalue weighted by molar-refractivity contribution is 5.82. The molecule has 0 bridgehead atoms. The van der Waals surface area contributed by atoms with Crippen molar-refractivity contribution in [3.63, 3.8) is 0 Å². The van der Waals surface area contributed by atoms with Crippen LogP contribution < -0.4 is 0 Å². The molecule has 0 spiro atoms. The third-order valence-electron chi connectivity index (χ3n) is 3.62. The van der Waals surface area contributed by atoms with Gasteiger partial charge in [-0.1, -0.05) is 0 Å². The lowest BCUT2D eigenvalue weighted by molar-refractivity contribution is -0.134. The van der Waals surface area contributed by atoms with Crippen molar-refractivity contribution in [2.75, 3.05) is 19.7 Å². The minimum absolute atomic E-state index is 0.0285. The molecule has 2 unspecified atom stereocenters. The van der Waals surface area contributed by atoms with E-state index in [-0.39, 0.29) is 17.9 Å². The molecule has 0 aromatic carbocycles. The number of hydrogen-bond acceptors (Lipinski definition) is 2.